The van der Waals surface area contributed by atoms with E-state index in [0.29, 0.717) is 52.2 Å². The highest BCUT2D eigenvalue weighted by atomic mass is 19.1. The van der Waals surface area contributed by atoms with Crippen molar-refractivity contribution in [3.05, 3.63) is 0 Å². The van der Waals surface area contributed by atoms with Gasteiger partial charge in [0.25, 0.3) is 5.91 Å². The van der Waals surface area contributed by atoms with Crippen molar-refractivity contribution in [2.45, 2.75) is 18.5 Å². The summed E-state index contributed by atoms with van der Waals surface area (Å²) in [5, 5.41) is 3.06. The molecule has 2 rings (SSSR count). The van der Waals surface area contributed by atoms with E-state index in [2.05, 4.69) is 5.32 Å². The van der Waals surface area contributed by atoms with E-state index in [1.807, 2.05) is 0 Å². The molecule has 2 aliphatic heterocycles. The fourth-order valence-corrected chi connectivity index (χ4v) is 2.09. The van der Waals surface area contributed by atoms with E-state index in [0.717, 1.165) is 0 Å². The molecule has 2 aliphatic rings. The second kappa shape index (κ2) is 4.45. The minimum Gasteiger partial charge on any atom is -0.378 e. The third-order valence-electron chi connectivity index (χ3n) is 3.08. The Morgan fingerprint density at radius 3 is 2.47 bits per heavy atom. The number of nitrogens with one attached hydrogen (secondary N) is 1. The summed E-state index contributed by atoms with van der Waals surface area (Å²) < 4.78 is 19.4. The van der Waals surface area contributed by atoms with Crippen LogP contribution in [-0.2, 0) is 9.53 Å². The van der Waals surface area contributed by atoms with Gasteiger partial charge in [0.15, 0.2) is 5.67 Å². The maximum Gasteiger partial charge on any atom is 0.260 e. The molecule has 0 aromatic carbocycles. The summed E-state index contributed by atoms with van der Waals surface area (Å²) in [6.07, 6.45) is 0.590. The first-order valence-corrected chi connectivity index (χ1v) is 5.49. The Bertz CT molecular complexity index is 236. The van der Waals surface area contributed by atoms with Crippen molar-refractivity contribution >= 4 is 5.91 Å². The van der Waals surface area contributed by atoms with Crippen LogP contribution in [0.1, 0.15) is 12.8 Å². The lowest BCUT2D eigenvalue weighted by atomic mass is 9.92. The van der Waals surface area contributed by atoms with Crippen LogP contribution in [0.4, 0.5) is 4.39 Å². The van der Waals surface area contributed by atoms with Crippen molar-refractivity contribution in [3.63, 3.8) is 0 Å². The Morgan fingerprint density at radius 1 is 1.27 bits per heavy atom. The van der Waals surface area contributed by atoms with Crippen molar-refractivity contribution in [1.29, 1.82) is 0 Å². The third-order valence-corrected chi connectivity index (χ3v) is 3.08. The minimum absolute atomic E-state index is 0.295. The average Bonchev–Trinajstić information content (AvgIpc) is 2.30. The van der Waals surface area contributed by atoms with Crippen LogP contribution in [0.15, 0.2) is 0 Å². The van der Waals surface area contributed by atoms with Crippen molar-refractivity contribution in [3.8, 4) is 0 Å². The summed E-state index contributed by atoms with van der Waals surface area (Å²) in [5.41, 5.74) is -1.64. The fraction of sp³-hybridized carbons (Fsp3) is 0.900. The first-order chi connectivity index (χ1) is 7.22. The molecular formula is C10H17FN2O2. The van der Waals surface area contributed by atoms with Gasteiger partial charge in [0.05, 0.1) is 13.2 Å². The van der Waals surface area contributed by atoms with Gasteiger partial charge in [0, 0.05) is 25.9 Å². The van der Waals surface area contributed by atoms with Crippen LogP contribution in [0.3, 0.4) is 0 Å². The molecule has 2 saturated heterocycles. The lowest BCUT2D eigenvalue weighted by molar-refractivity contribution is -0.150. The van der Waals surface area contributed by atoms with E-state index in [1.54, 1.807) is 4.90 Å². The van der Waals surface area contributed by atoms with Gasteiger partial charge < -0.3 is 15.0 Å². The second-order valence-electron chi connectivity index (χ2n) is 4.12. The summed E-state index contributed by atoms with van der Waals surface area (Å²) in [6.45, 7) is 3.29. The molecule has 2 fully saturated rings. The molecule has 5 heteroatoms. The molecule has 0 radical (unpaired) electrons. The van der Waals surface area contributed by atoms with Crippen LogP contribution in [0.5, 0.6) is 0 Å². The smallest absolute Gasteiger partial charge is 0.260 e. The Kier molecular flexibility index (Phi) is 3.21. The van der Waals surface area contributed by atoms with Crippen LogP contribution in [0.2, 0.25) is 0 Å². The molecule has 1 amide bonds. The second-order valence-corrected chi connectivity index (χ2v) is 4.12. The Labute approximate surface area is 88.8 Å². The quantitative estimate of drug-likeness (QED) is 0.667. The number of carbonyl (C=O) groups excluding carboxylic acids is 1. The number of ether oxygens (including phenoxy) is 1. The number of hydrogen-bond donors (Lipinski definition) is 1. The molecule has 0 unspecified atom stereocenters. The molecule has 2 heterocycles. The largest absolute Gasteiger partial charge is 0.378 e. The van der Waals surface area contributed by atoms with E-state index in [-0.39, 0.29) is 5.91 Å². The highest BCUT2D eigenvalue weighted by Crippen LogP contribution is 2.26. The SMILES string of the molecule is O=C(N1CCOCC1)C1(F)CCNCC1. The molecule has 0 saturated carbocycles. The Balaban J connectivity index is 1.98. The Morgan fingerprint density at radius 2 is 1.87 bits per heavy atom. The van der Waals surface area contributed by atoms with Crippen LogP contribution < -0.4 is 5.32 Å². The lowest BCUT2D eigenvalue weighted by Crippen LogP contribution is -2.54. The number of rotatable bonds is 1. The summed E-state index contributed by atoms with van der Waals surface area (Å²) in [5.74, 6) is -0.340. The van der Waals surface area contributed by atoms with E-state index in [9.17, 15) is 9.18 Å². The summed E-state index contributed by atoms with van der Waals surface area (Å²) in [7, 11) is 0. The maximum absolute atomic E-state index is 14.3. The number of halogens is 1. The average molecular weight is 216 g/mol. The number of nitrogens with zero attached hydrogens (tertiary/aromatic N) is 1. The van der Waals surface area contributed by atoms with E-state index in [4.69, 9.17) is 4.74 Å². The molecule has 86 valence electrons. The molecule has 0 atom stereocenters. The number of carbonyl (C=O) groups is 1. The first-order valence-electron chi connectivity index (χ1n) is 5.49. The molecular weight excluding hydrogens is 199 g/mol. The molecule has 1 N–H and O–H groups in total. The Hall–Kier alpha value is -0.680. The maximum atomic E-state index is 14.3. The van der Waals surface area contributed by atoms with Gasteiger partial charge in [-0.05, 0) is 13.1 Å². The zero-order valence-electron chi connectivity index (χ0n) is 8.80. The van der Waals surface area contributed by atoms with Gasteiger partial charge in [-0.3, -0.25) is 4.79 Å². The number of amides is 1. The van der Waals surface area contributed by atoms with Crippen LogP contribution in [-0.4, -0.2) is 55.9 Å². The summed E-state index contributed by atoms with van der Waals surface area (Å²) in [4.78, 5) is 13.5. The molecule has 0 aromatic heterocycles. The van der Waals surface area contributed by atoms with Gasteiger partial charge in [0.2, 0.25) is 0 Å². The highest BCUT2D eigenvalue weighted by molar-refractivity contribution is 5.85. The fourth-order valence-electron chi connectivity index (χ4n) is 2.09. The molecule has 4 nitrogen and oxygen atoms in total. The van der Waals surface area contributed by atoms with E-state index >= 15 is 0 Å². The first kappa shape index (κ1) is 10.8. The van der Waals surface area contributed by atoms with E-state index < -0.39 is 5.67 Å². The standard InChI is InChI=1S/C10H17FN2O2/c11-10(1-3-12-4-2-10)9(14)13-5-7-15-8-6-13/h12H,1-8H2. The minimum atomic E-state index is -1.64. The third kappa shape index (κ3) is 2.29. The molecule has 0 aromatic rings. The van der Waals surface area contributed by atoms with Gasteiger partial charge in [-0.25, -0.2) is 4.39 Å². The van der Waals surface area contributed by atoms with Crippen LogP contribution >= 0.6 is 0 Å². The predicted octanol–water partition coefficient (Wildman–Crippen LogP) is -0.0631. The monoisotopic (exact) mass is 216 g/mol. The molecule has 15 heavy (non-hydrogen) atoms. The van der Waals surface area contributed by atoms with Crippen molar-refractivity contribution < 1.29 is 13.9 Å². The number of hydrogen-bond acceptors (Lipinski definition) is 3. The van der Waals surface area contributed by atoms with Crippen molar-refractivity contribution in [2.24, 2.45) is 0 Å². The lowest BCUT2D eigenvalue weighted by Gasteiger charge is -2.35. The van der Waals surface area contributed by atoms with Crippen LogP contribution in [0.25, 0.3) is 0 Å². The predicted molar refractivity (Wildman–Crippen MR) is 53.3 cm³/mol. The summed E-state index contributed by atoms with van der Waals surface area (Å²) >= 11 is 0. The molecule has 0 aliphatic carbocycles. The van der Waals surface area contributed by atoms with Gasteiger partial charge in [-0.15, -0.1) is 0 Å². The van der Waals surface area contributed by atoms with Gasteiger partial charge >= 0.3 is 0 Å². The van der Waals surface area contributed by atoms with Crippen molar-refractivity contribution in [1.82, 2.24) is 10.2 Å². The zero-order valence-corrected chi connectivity index (χ0v) is 8.80. The van der Waals surface area contributed by atoms with Crippen LogP contribution in [0, 0.1) is 0 Å². The number of alkyl halides is 1. The summed E-state index contributed by atoms with van der Waals surface area (Å²) in [6, 6.07) is 0. The zero-order chi connectivity index (χ0) is 10.7. The topological polar surface area (TPSA) is 41.6 Å². The number of piperidine rings is 1. The normalized spacial score (nSPS) is 26.3. The number of morpholine rings is 1. The molecule has 0 bridgehead atoms. The van der Waals surface area contributed by atoms with Gasteiger partial charge in [-0.1, -0.05) is 0 Å². The molecule has 0 spiro atoms. The van der Waals surface area contributed by atoms with E-state index in [1.165, 1.54) is 0 Å². The van der Waals surface area contributed by atoms with Crippen molar-refractivity contribution in [2.75, 3.05) is 39.4 Å². The van der Waals surface area contributed by atoms with Gasteiger partial charge in [0.1, 0.15) is 0 Å². The highest BCUT2D eigenvalue weighted by Gasteiger charge is 2.42. The van der Waals surface area contributed by atoms with Gasteiger partial charge in [-0.2, -0.15) is 0 Å².